The summed E-state index contributed by atoms with van der Waals surface area (Å²) in [5, 5.41) is 0. The van der Waals surface area contributed by atoms with Crippen LogP contribution < -0.4 is 0 Å². The molecule has 0 saturated heterocycles. The lowest BCUT2D eigenvalue weighted by molar-refractivity contribution is 0.577. The van der Waals surface area contributed by atoms with Crippen LogP contribution in [0.2, 0.25) is 0 Å². The first-order valence-electron chi connectivity index (χ1n) is 3.62. The first-order chi connectivity index (χ1) is 5.20. The summed E-state index contributed by atoms with van der Waals surface area (Å²) in [4.78, 5) is 0. The first-order valence-corrected chi connectivity index (χ1v) is 3.62. The molecule has 0 amide bonds. The van der Waals surface area contributed by atoms with Crippen LogP contribution in [0.3, 0.4) is 0 Å². The molecule has 0 fully saturated rings. The highest BCUT2D eigenvalue weighted by Crippen LogP contribution is 2.06. The Balaban J connectivity index is 0. The molecule has 0 N–H and O–H groups in total. The van der Waals surface area contributed by atoms with E-state index < -0.39 is 11.6 Å². The summed E-state index contributed by atoms with van der Waals surface area (Å²) < 4.78 is 24.4. The Labute approximate surface area is 89.0 Å². The molecule has 0 aliphatic rings. The lowest BCUT2D eigenvalue weighted by Crippen LogP contribution is -1.81. The van der Waals surface area contributed by atoms with Crippen LogP contribution in [0.4, 0.5) is 8.78 Å². The average Bonchev–Trinajstić information content (AvgIpc) is 2.02. The molecule has 0 unspecified atom stereocenters. The summed E-state index contributed by atoms with van der Waals surface area (Å²) in [6, 6.07) is 3.51. The van der Waals surface area contributed by atoms with Crippen LogP contribution in [0.15, 0.2) is 18.2 Å². The Hall–Kier alpha value is -0.190. The fourth-order valence-corrected chi connectivity index (χ4v) is 0.567. The largest absolute Gasteiger partial charge is 0.207 e. The number of aryl methyl sites for hydroxylation is 1. The standard InChI is InChI=1S/C7H6F2.C2H6.HI/c1-5-2-3-6(8)4-7(5)9;1-2;/h2-4H,1H3;1-2H3;1H. The summed E-state index contributed by atoms with van der Waals surface area (Å²) in [5.74, 6) is -1.02. The molecule has 0 saturated carbocycles. The quantitative estimate of drug-likeness (QED) is 0.634. The SMILES string of the molecule is CC.Cc1ccc(F)cc1F.I. The van der Waals surface area contributed by atoms with Crippen molar-refractivity contribution in [1.82, 2.24) is 0 Å². The van der Waals surface area contributed by atoms with Crippen molar-refractivity contribution in [2.75, 3.05) is 0 Å². The molecule has 1 rings (SSSR count). The molecule has 0 nitrogen and oxygen atoms in total. The second kappa shape index (κ2) is 7.46. The number of halogens is 3. The van der Waals surface area contributed by atoms with Crippen LogP contribution in [0, 0.1) is 18.6 Å². The van der Waals surface area contributed by atoms with Gasteiger partial charge >= 0.3 is 0 Å². The van der Waals surface area contributed by atoms with Crippen LogP contribution in [0.25, 0.3) is 0 Å². The number of benzene rings is 1. The van der Waals surface area contributed by atoms with Crippen LogP contribution in [0.5, 0.6) is 0 Å². The average molecular weight is 286 g/mol. The van der Waals surface area contributed by atoms with Crippen molar-refractivity contribution in [3.05, 3.63) is 35.4 Å². The van der Waals surface area contributed by atoms with Crippen molar-refractivity contribution in [3.8, 4) is 0 Å². The van der Waals surface area contributed by atoms with Crippen molar-refractivity contribution in [2.45, 2.75) is 20.8 Å². The monoisotopic (exact) mass is 286 g/mol. The third-order valence-corrected chi connectivity index (χ3v) is 1.13. The van der Waals surface area contributed by atoms with Crippen LogP contribution >= 0.6 is 24.0 Å². The minimum atomic E-state index is -0.530. The Morgan fingerprint density at radius 3 is 1.92 bits per heavy atom. The highest BCUT2D eigenvalue weighted by atomic mass is 127. The lowest BCUT2D eigenvalue weighted by atomic mass is 10.2. The van der Waals surface area contributed by atoms with Crippen LogP contribution in [-0.4, -0.2) is 0 Å². The van der Waals surface area contributed by atoms with E-state index in [1.54, 1.807) is 6.92 Å². The molecule has 0 heterocycles. The zero-order chi connectivity index (χ0) is 8.85. The topological polar surface area (TPSA) is 0 Å². The molecular weight excluding hydrogens is 273 g/mol. The van der Waals surface area contributed by atoms with Gasteiger partial charge in [-0.2, -0.15) is 0 Å². The molecule has 0 aliphatic heterocycles. The second-order valence-electron chi connectivity index (χ2n) is 1.89. The van der Waals surface area contributed by atoms with Gasteiger partial charge in [-0.25, -0.2) is 8.78 Å². The Morgan fingerprint density at radius 2 is 1.58 bits per heavy atom. The van der Waals surface area contributed by atoms with Gasteiger partial charge in [0.15, 0.2) is 0 Å². The molecule has 1 aromatic carbocycles. The molecule has 0 bridgehead atoms. The minimum Gasteiger partial charge on any atom is -0.207 e. The Bertz CT molecular complexity index is 224. The maximum atomic E-state index is 12.3. The van der Waals surface area contributed by atoms with E-state index in [9.17, 15) is 8.78 Å². The Kier molecular flexibility index (Phi) is 8.91. The van der Waals surface area contributed by atoms with Gasteiger partial charge in [0, 0.05) is 6.07 Å². The van der Waals surface area contributed by atoms with Crippen molar-refractivity contribution in [1.29, 1.82) is 0 Å². The zero-order valence-corrected chi connectivity index (χ0v) is 9.73. The van der Waals surface area contributed by atoms with Gasteiger partial charge in [0.2, 0.25) is 0 Å². The fourth-order valence-electron chi connectivity index (χ4n) is 0.567. The maximum absolute atomic E-state index is 12.3. The second-order valence-corrected chi connectivity index (χ2v) is 1.89. The summed E-state index contributed by atoms with van der Waals surface area (Å²) in [5.41, 5.74) is 0.469. The molecule has 0 aromatic heterocycles. The van der Waals surface area contributed by atoms with Crippen molar-refractivity contribution in [2.24, 2.45) is 0 Å². The number of hydrogen-bond donors (Lipinski definition) is 0. The molecule has 12 heavy (non-hydrogen) atoms. The number of rotatable bonds is 0. The number of hydrogen-bond acceptors (Lipinski definition) is 0. The van der Waals surface area contributed by atoms with E-state index in [1.165, 1.54) is 12.1 Å². The molecule has 0 aliphatic carbocycles. The minimum absolute atomic E-state index is 0. The van der Waals surface area contributed by atoms with Gasteiger partial charge in [0.1, 0.15) is 11.6 Å². The van der Waals surface area contributed by atoms with Gasteiger partial charge in [0.25, 0.3) is 0 Å². The molecule has 70 valence electrons. The highest BCUT2D eigenvalue weighted by Gasteiger charge is 1.95. The van der Waals surface area contributed by atoms with Crippen molar-refractivity contribution in [3.63, 3.8) is 0 Å². The third-order valence-electron chi connectivity index (χ3n) is 1.13. The highest BCUT2D eigenvalue weighted by molar-refractivity contribution is 14.0. The predicted octanol–water partition coefficient (Wildman–Crippen LogP) is 3.92. The first kappa shape index (κ1) is 14.3. The fraction of sp³-hybridized carbons (Fsp3) is 0.333. The smallest absolute Gasteiger partial charge is 0.129 e. The van der Waals surface area contributed by atoms with Crippen molar-refractivity contribution >= 4 is 24.0 Å². The maximum Gasteiger partial charge on any atom is 0.129 e. The molecule has 1 aromatic rings. The van der Waals surface area contributed by atoms with Gasteiger partial charge in [-0.1, -0.05) is 19.9 Å². The van der Waals surface area contributed by atoms with Crippen molar-refractivity contribution < 1.29 is 8.78 Å². The van der Waals surface area contributed by atoms with Gasteiger partial charge in [-0.3, -0.25) is 0 Å². The van der Waals surface area contributed by atoms with Gasteiger partial charge in [-0.05, 0) is 18.6 Å². The summed E-state index contributed by atoms with van der Waals surface area (Å²) in [7, 11) is 0. The summed E-state index contributed by atoms with van der Waals surface area (Å²) in [6.45, 7) is 5.59. The Morgan fingerprint density at radius 1 is 1.08 bits per heavy atom. The normalized spacial score (nSPS) is 7.75. The van der Waals surface area contributed by atoms with E-state index >= 15 is 0 Å². The van der Waals surface area contributed by atoms with E-state index in [2.05, 4.69) is 0 Å². The van der Waals surface area contributed by atoms with Gasteiger partial charge < -0.3 is 0 Å². The zero-order valence-electron chi connectivity index (χ0n) is 7.40. The molecule has 0 atom stereocenters. The van der Waals surface area contributed by atoms with Gasteiger partial charge in [-0.15, -0.1) is 24.0 Å². The molecule has 3 heteroatoms. The van der Waals surface area contributed by atoms with Gasteiger partial charge in [0.05, 0.1) is 0 Å². The van der Waals surface area contributed by atoms with E-state index in [-0.39, 0.29) is 24.0 Å². The van der Waals surface area contributed by atoms with Crippen LogP contribution in [-0.2, 0) is 0 Å². The predicted molar refractivity (Wildman–Crippen MR) is 57.9 cm³/mol. The van der Waals surface area contributed by atoms with E-state index in [1.807, 2.05) is 13.8 Å². The van der Waals surface area contributed by atoms with E-state index in [4.69, 9.17) is 0 Å². The summed E-state index contributed by atoms with van der Waals surface area (Å²) >= 11 is 0. The summed E-state index contributed by atoms with van der Waals surface area (Å²) in [6.07, 6.45) is 0. The molecular formula is C9H13F2I. The third kappa shape index (κ3) is 4.64. The van der Waals surface area contributed by atoms with E-state index in [0.29, 0.717) is 5.56 Å². The molecule has 0 radical (unpaired) electrons. The van der Waals surface area contributed by atoms with E-state index in [0.717, 1.165) is 6.07 Å². The van der Waals surface area contributed by atoms with Crippen LogP contribution in [0.1, 0.15) is 19.4 Å². The lowest BCUT2D eigenvalue weighted by Gasteiger charge is -1.92. The molecule has 0 spiro atoms.